The molecule has 1 amide bonds. The van der Waals surface area contributed by atoms with Crippen molar-refractivity contribution in [2.24, 2.45) is 0 Å². The average Bonchev–Trinajstić information content (AvgIpc) is 2.92. The lowest BCUT2D eigenvalue weighted by Gasteiger charge is -2.15. The van der Waals surface area contributed by atoms with Gasteiger partial charge in [-0.1, -0.05) is 12.1 Å². The Balaban J connectivity index is 1.74. The maximum absolute atomic E-state index is 11.6. The second-order valence-electron chi connectivity index (χ2n) is 4.51. The predicted octanol–water partition coefficient (Wildman–Crippen LogP) is 2.34. The molecule has 1 aliphatic rings. The Hall–Kier alpha value is -1.75. The molecule has 1 heterocycles. The van der Waals surface area contributed by atoms with E-state index in [0.717, 1.165) is 19.6 Å². The zero-order valence-corrected chi connectivity index (χ0v) is 11.2. The third-order valence-corrected chi connectivity index (χ3v) is 3.18. The fraction of sp³-hybridized carbons (Fsp3) is 0.500. The number of carbonyl (C=O) groups excluding carboxylic acids is 1. The third-order valence-electron chi connectivity index (χ3n) is 3.18. The Morgan fingerprint density at radius 3 is 2.79 bits per heavy atom. The minimum Gasteiger partial charge on any atom is -0.495 e. The van der Waals surface area contributed by atoms with Crippen molar-refractivity contribution >= 4 is 11.8 Å². The van der Waals surface area contributed by atoms with Crippen LogP contribution in [-0.4, -0.2) is 44.3 Å². The van der Waals surface area contributed by atoms with Gasteiger partial charge >= 0.3 is 6.09 Å². The van der Waals surface area contributed by atoms with Crippen LogP contribution in [0.3, 0.4) is 0 Å². The first kappa shape index (κ1) is 13.7. The number of ether oxygens (including phenoxy) is 2. The van der Waals surface area contributed by atoms with Crippen LogP contribution in [0.5, 0.6) is 5.75 Å². The number of amides is 1. The highest BCUT2D eigenvalue weighted by atomic mass is 16.5. The van der Waals surface area contributed by atoms with Crippen molar-refractivity contribution < 1.29 is 14.3 Å². The van der Waals surface area contributed by atoms with Gasteiger partial charge in [0.25, 0.3) is 0 Å². The lowest BCUT2D eigenvalue weighted by Crippen LogP contribution is -2.26. The second kappa shape index (κ2) is 6.99. The van der Waals surface area contributed by atoms with Crippen LogP contribution in [0.1, 0.15) is 12.8 Å². The monoisotopic (exact) mass is 264 g/mol. The fourth-order valence-electron chi connectivity index (χ4n) is 2.17. The van der Waals surface area contributed by atoms with Crippen molar-refractivity contribution in [2.45, 2.75) is 12.8 Å². The molecule has 1 aromatic carbocycles. The first-order chi connectivity index (χ1) is 9.29. The molecule has 0 bridgehead atoms. The molecular formula is C14H20N2O3. The zero-order valence-electron chi connectivity index (χ0n) is 11.2. The van der Waals surface area contributed by atoms with E-state index in [-0.39, 0.29) is 0 Å². The van der Waals surface area contributed by atoms with Crippen molar-refractivity contribution in [3.05, 3.63) is 24.3 Å². The van der Waals surface area contributed by atoms with Crippen LogP contribution in [0.25, 0.3) is 0 Å². The van der Waals surface area contributed by atoms with E-state index in [0.29, 0.717) is 18.0 Å². The Morgan fingerprint density at radius 2 is 2.05 bits per heavy atom. The van der Waals surface area contributed by atoms with Crippen LogP contribution in [-0.2, 0) is 4.74 Å². The van der Waals surface area contributed by atoms with E-state index < -0.39 is 6.09 Å². The summed E-state index contributed by atoms with van der Waals surface area (Å²) >= 11 is 0. The number of hydrogen-bond donors (Lipinski definition) is 1. The van der Waals surface area contributed by atoms with Crippen LogP contribution in [0.15, 0.2) is 24.3 Å². The maximum atomic E-state index is 11.6. The molecule has 1 aromatic rings. The van der Waals surface area contributed by atoms with Gasteiger partial charge in [-0.05, 0) is 38.1 Å². The standard InChI is InChI=1S/C14H20N2O3/c1-18-13-7-3-2-6-12(13)15-14(17)19-11-10-16-8-4-5-9-16/h2-3,6-7H,4-5,8-11H2,1H3,(H,15,17). The fourth-order valence-corrected chi connectivity index (χ4v) is 2.17. The number of methoxy groups -OCH3 is 1. The Kier molecular flexibility index (Phi) is 5.03. The van der Waals surface area contributed by atoms with Crippen LogP contribution < -0.4 is 10.1 Å². The number of likely N-dealkylation sites (tertiary alicyclic amines) is 1. The molecule has 1 N–H and O–H groups in total. The summed E-state index contributed by atoms with van der Waals surface area (Å²) in [7, 11) is 1.57. The van der Waals surface area contributed by atoms with Crippen molar-refractivity contribution in [3.63, 3.8) is 0 Å². The summed E-state index contributed by atoms with van der Waals surface area (Å²) in [5.41, 5.74) is 0.621. The minimum atomic E-state index is -0.441. The lowest BCUT2D eigenvalue weighted by atomic mass is 10.3. The first-order valence-electron chi connectivity index (χ1n) is 6.59. The molecule has 0 aliphatic carbocycles. The molecule has 0 unspecified atom stereocenters. The van der Waals surface area contributed by atoms with Crippen LogP contribution in [0.4, 0.5) is 10.5 Å². The Labute approximate surface area is 113 Å². The molecule has 0 saturated carbocycles. The van der Waals surface area contributed by atoms with E-state index in [2.05, 4.69) is 10.2 Å². The number of nitrogens with one attached hydrogen (secondary N) is 1. The van der Waals surface area contributed by atoms with E-state index in [1.807, 2.05) is 12.1 Å². The van der Waals surface area contributed by atoms with E-state index >= 15 is 0 Å². The van der Waals surface area contributed by atoms with Gasteiger partial charge in [0.05, 0.1) is 12.8 Å². The van der Waals surface area contributed by atoms with E-state index in [1.165, 1.54) is 12.8 Å². The molecule has 1 saturated heterocycles. The van der Waals surface area contributed by atoms with Gasteiger partial charge in [0.15, 0.2) is 0 Å². The molecule has 5 nitrogen and oxygen atoms in total. The van der Waals surface area contributed by atoms with E-state index in [4.69, 9.17) is 9.47 Å². The molecule has 0 atom stereocenters. The number of nitrogens with zero attached hydrogens (tertiary/aromatic N) is 1. The molecule has 1 fully saturated rings. The van der Waals surface area contributed by atoms with Crippen molar-refractivity contribution in [2.75, 3.05) is 38.7 Å². The van der Waals surface area contributed by atoms with Crippen molar-refractivity contribution in [1.82, 2.24) is 4.90 Å². The van der Waals surface area contributed by atoms with Gasteiger partial charge in [0.2, 0.25) is 0 Å². The number of carbonyl (C=O) groups is 1. The highest BCUT2D eigenvalue weighted by Crippen LogP contribution is 2.22. The first-order valence-corrected chi connectivity index (χ1v) is 6.59. The molecule has 5 heteroatoms. The van der Waals surface area contributed by atoms with Gasteiger partial charge in [0.1, 0.15) is 12.4 Å². The number of para-hydroxylation sites is 2. The smallest absolute Gasteiger partial charge is 0.411 e. The third kappa shape index (κ3) is 4.13. The predicted molar refractivity (Wildman–Crippen MR) is 73.6 cm³/mol. The SMILES string of the molecule is COc1ccccc1NC(=O)OCCN1CCCC1. The van der Waals surface area contributed by atoms with Gasteiger partial charge in [-0.15, -0.1) is 0 Å². The highest BCUT2D eigenvalue weighted by Gasteiger charge is 2.12. The van der Waals surface area contributed by atoms with E-state index in [9.17, 15) is 4.79 Å². The highest BCUT2D eigenvalue weighted by molar-refractivity contribution is 5.86. The van der Waals surface area contributed by atoms with Gasteiger partial charge < -0.3 is 9.47 Å². The van der Waals surface area contributed by atoms with Gasteiger partial charge in [-0.25, -0.2) is 4.79 Å². The van der Waals surface area contributed by atoms with Gasteiger partial charge in [0, 0.05) is 6.54 Å². The van der Waals surface area contributed by atoms with Gasteiger partial charge in [-0.2, -0.15) is 0 Å². The minimum absolute atomic E-state index is 0.418. The summed E-state index contributed by atoms with van der Waals surface area (Å²) in [4.78, 5) is 13.9. The number of benzene rings is 1. The maximum Gasteiger partial charge on any atom is 0.411 e. The Morgan fingerprint density at radius 1 is 1.32 bits per heavy atom. The molecule has 1 aliphatic heterocycles. The van der Waals surface area contributed by atoms with Crippen molar-refractivity contribution in [1.29, 1.82) is 0 Å². The molecule has 104 valence electrons. The molecule has 0 aromatic heterocycles. The zero-order chi connectivity index (χ0) is 13.5. The van der Waals surface area contributed by atoms with Crippen LogP contribution in [0, 0.1) is 0 Å². The normalized spacial score (nSPS) is 15.2. The summed E-state index contributed by atoms with van der Waals surface area (Å²) in [5, 5.41) is 2.68. The molecule has 2 rings (SSSR count). The summed E-state index contributed by atoms with van der Waals surface area (Å²) < 4.78 is 10.3. The van der Waals surface area contributed by atoms with Crippen molar-refractivity contribution in [3.8, 4) is 5.75 Å². The summed E-state index contributed by atoms with van der Waals surface area (Å²) in [6.07, 6.45) is 2.05. The summed E-state index contributed by atoms with van der Waals surface area (Å²) in [6, 6.07) is 7.26. The van der Waals surface area contributed by atoms with Gasteiger partial charge in [-0.3, -0.25) is 10.2 Å². The number of anilines is 1. The van der Waals surface area contributed by atoms with Crippen LogP contribution in [0.2, 0.25) is 0 Å². The van der Waals surface area contributed by atoms with Crippen LogP contribution >= 0.6 is 0 Å². The topological polar surface area (TPSA) is 50.8 Å². The molecule has 0 radical (unpaired) electrons. The molecular weight excluding hydrogens is 244 g/mol. The second-order valence-corrected chi connectivity index (χ2v) is 4.51. The number of hydrogen-bond acceptors (Lipinski definition) is 4. The molecule has 19 heavy (non-hydrogen) atoms. The lowest BCUT2D eigenvalue weighted by molar-refractivity contribution is 0.146. The van der Waals surface area contributed by atoms with E-state index in [1.54, 1.807) is 19.2 Å². The Bertz CT molecular complexity index is 417. The number of rotatable bonds is 5. The average molecular weight is 264 g/mol. The largest absolute Gasteiger partial charge is 0.495 e. The molecule has 0 spiro atoms. The quantitative estimate of drug-likeness (QED) is 0.887. The summed E-state index contributed by atoms with van der Waals surface area (Å²) in [6.45, 7) is 3.44. The summed E-state index contributed by atoms with van der Waals surface area (Å²) in [5.74, 6) is 0.624.